The average Bonchev–Trinajstić information content (AvgIpc) is 3.48. The van der Waals surface area contributed by atoms with Crippen LogP contribution in [0, 0.1) is 0 Å². The van der Waals surface area contributed by atoms with Crippen LogP contribution >= 0.6 is 35.3 Å². The number of anilines is 1. The normalized spacial score (nSPS) is 15.8. The molecule has 2 heterocycles. The largest absolute Gasteiger partial charge is 0.478 e. The Hall–Kier alpha value is -3.73. The summed E-state index contributed by atoms with van der Waals surface area (Å²) in [4.78, 5) is 38.2. The van der Waals surface area contributed by atoms with E-state index in [1.165, 1.54) is 41.8 Å². The van der Waals surface area contributed by atoms with Crippen molar-refractivity contribution in [3.05, 3.63) is 80.4 Å². The number of halogens is 6. The molecule has 1 saturated heterocycles. The number of nitrogens with zero attached hydrogens (tertiary/aromatic N) is 1. The molecule has 0 saturated carbocycles. The molecule has 3 N–H and O–H groups in total. The van der Waals surface area contributed by atoms with E-state index in [9.17, 15) is 45.8 Å². The summed E-state index contributed by atoms with van der Waals surface area (Å²) < 4.78 is 79.5. The van der Waals surface area contributed by atoms with Crippen molar-refractivity contribution in [2.24, 2.45) is 0 Å². The smallest absolute Gasteiger partial charge is 0.416 e. The van der Waals surface area contributed by atoms with Crippen LogP contribution in [0.1, 0.15) is 26.4 Å². The van der Waals surface area contributed by atoms with Crippen LogP contribution in [0.2, 0.25) is 0 Å². The molecule has 7 nitrogen and oxygen atoms in total. The van der Waals surface area contributed by atoms with Gasteiger partial charge >= 0.3 is 18.3 Å². The summed E-state index contributed by atoms with van der Waals surface area (Å²) in [5.41, 5.74) is -3.04. The fourth-order valence-corrected chi connectivity index (χ4v) is 6.05. The van der Waals surface area contributed by atoms with E-state index in [-0.39, 0.29) is 37.7 Å². The topological polar surface area (TPSA) is 107 Å². The van der Waals surface area contributed by atoms with Gasteiger partial charge in [0.15, 0.2) is 0 Å². The third-order valence-electron chi connectivity index (χ3n) is 5.82. The first kappa shape index (κ1) is 31.2. The molecular weight excluding hydrogens is 630 g/mol. The Kier molecular flexibility index (Phi) is 8.82. The summed E-state index contributed by atoms with van der Waals surface area (Å²) >= 11 is 6.96. The number of benzene rings is 2. The van der Waals surface area contributed by atoms with Crippen LogP contribution in [0.15, 0.2) is 58.8 Å². The number of carbonyl (C=O) groups is 3. The monoisotopic (exact) mass is 646 g/mol. The van der Waals surface area contributed by atoms with Gasteiger partial charge in [0, 0.05) is 10.6 Å². The lowest BCUT2D eigenvalue weighted by Gasteiger charge is -2.24. The molecule has 0 spiro atoms. The number of carboxylic acid groups (broad SMARTS) is 1. The van der Waals surface area contributed by atoms with Gasteiger partial charge in [-0.25, -0.2) is 4.79 Å². The zero-order valence-electron chi connectivity index (χ0n) is 20.6. The van der Waals surface area contributed by atoms with Crippen molar-refractivity contribution in [1.82, 2.24) is 4.90 Å². The maximum atomic E-state index is 13.3. The number of amides is 2. The molecule has 2 aromatic carbocycles. The van der Waals surface area contributed by atoms with Gasteiger partial charge in [-0.05, 0) is 71.1 Å². The predicted molar refractivity (Wildman–Crippen MR) is 148 cm³/mol. The predicted octanol–water partition coefficient (Wildman–Crippen LogP) is 6.35. The second kappa shape index (κ2) is 11.9. The van der Waals surface area contributed by atoms with Crippen molar-refractivity contribution in [2.75, 3.05) is 11.9 Å². The van der Waals surface area contributed by atoms with Crippen LogP contribution in [0.3, 0.4) is 0 Å². The van der Waals surface area contributed by atoms with Crippen molar-refractivity contribution < 1.29 is 50.9 Å². The molecule has 2 amide bonds. The van der Waals surface area contributed by atoms with E-state index in [0.29, 0.717) is 17.0 Å². The van der Waals surface area contributed by atoms with Gasteiger partial charge in [0.25, 0.3) is 5.91 Å². The summed E-state index contributed by atoms with van der Waals surface area (Å²) in [7, 11) is 0. The molecule has 0 radical (unpaired) electrons. The van der Waals surface area contributed by atoms with Crippen LogP contribution in [-0.4, -0.2) is 49.9 Å². The summed E-state index contributed by atoms with van der Waals surface area (Å²) in [6.07, 6.45) is -8.70. The Morgan fingerprint density at radius 1 is 0.976 bits per heavy atom. The second-order valence-electron chi connectivity index (χ2n) is 8.65. The fraction of sp³-hybridized carbons (Fsp3) is 0.154. The van der Waals surface area contributed by atoms with E-state index in [1.807, 2.05) is 0 Å². The zero-order valence-corrected chi connectivity index (χ0v) is 23.1. The highest BCUT2D eigenvalue weighted by Gasteiger charge is 2.40. The van der Waals surface area contributed by atoms with Crippen molar-refractivity contribution in [2.45, 2.75) is 18.4 Å². The number of thiocarbonyl (C=S) groups is 1. The Morgan fingerprint density at radius 3 is 2.10 bits per heavy atom. The maximum Gasteiger partial charge on any atom is 0.416 e. The molecule has 4 rings (SSSR count). The summed E-state index contributed by atoms with van der Waals surface area (Å²) in [6.45, 7) is -0.820. The summed E-state index contributed by atoms with van der Waals surface area (Å²) in [6, 6.07) is 6.20. The molecule has 0 aliphatic carbocycles. The van der Waals surface area contributed by atoms with Crippen LogP contribution < -0.4 is 5.32 Å². The number of nitrogens with one attached hydrogen (secondary N) is 1. The van der Waals surface area contributed by atoms with E-state index in [1.54, 1.807) is 0 Å². The molecule has 1 fully saturated rings. The molecule has 0 unspecified atom stereocenters. The molecule has 3 aromatic rings. The molecule has 0 bridgehead atoms. The van der Waals surface area contributed by atoms with Crippen LogP contribution in [-0.2, 0) is 21.9 Å². The first-order chi connectivity index (χ1) is 19.6. The third-order valence-corrected chi connectivity index (χ3v) is 8.03. The van der Waals surface area contributed by atoms with Gasteiger partial charge in [0.05, 0.1) is 28.2 Å². The number of thiophene rings is 1. The number of thioether (sulfide) groups is 1. The molecule has 1 aliphatic rings. The van der Waals surface area contributed by atoms with E-state index in [2.05, 4.69) is 5.32 Å². The van der Waals surface area contributed by atoms with Gasteiger partial charge < -0.3 is 15.5 Å². The molecule has 16 heteroatoms. The van der Waals surface area contributed by atoms with E-state index in [0.717, 1.165) is 28.0 Å². The summed E-state index contributed by atoms with van der Waals surface area (Å²) in [5, 5.41) is 22.7. The highest BCUT2D eigenvalue weighted by atomic mass is 32.2. The van der Waals surface area contributed by atoms with Crippen molar-refractivity contribution in [3.63, 3.8) is 0 Å². The molecule has 1 aromatic heterocycles. The van der Waals surface area contributed by atoms with Gasteiger partial charge in [-0.3, -0.25) is 14.5 Å². The van der Waals surface area contributed by atoms with Crippen molar-refractivity contribution >= 4 is 69.2 Å². The number of alkyl halides is 6. The lowest BCUT2D eigenvalue weighted by atomic mass is 10.0. The standard InChI is InChI=1S/C26H16F6N2O5S3/c27-25(28,29)15-5-13(6-16(8-15)26(30,31)32)14-7-18(41-11-14)9-20-22(37)34(24(40)42-20)19(10-35)21(36)33-17-3-1-12(2-4-17)23(38)39/h1-9,11,19,35H,10H2,(H,33,36)(H,38,39)/t19-/m0/s1. The zero-order chi connectivity index (χ0) is 31.0. The Labute approximate surface area is 246 Å². The Morgan fingerprint density at radius 2 is 1.57 bits per heavy atom. The minimum Gasteiger partial charge on any atom is -0.478 e. The van der Waals surface area contributed by atoms with Gasteiger partial charge in [-0.15, -0.1) is 11.3 Å². The van der Waals surface area contributed by atoms with Gasteiger partial charge in [0.2, 0.25) is 5.91 Å². The van der Waals surface area contributed by atoms with E-state index < -0.39 is 53.9 Å². The van der Waals surface area contributed by atoms with E-state index in [4.69, 9.17) is 17.3 Å². The summed E-state index contributed by atoms with van der Waals surface area (Å²) in [5.74, 6) is -2.75. The molecule has 1 aliphatic heterocycles. The fourth-order valence-electron chi connectivity index (χ4n) is 3.78. The van der Waals surface area contributed by atoms with Crippen LogP contribution in [0.5, 0.6) is 0 Å². The van der Waals surface area contributed by atoms with E-state index >= 15 is 0 Å². The number of aromatic carboxylic acids is 1. The van der Waals surface area contributed by atoms with Crippen molar-refractivity contribution in [1.29, 1.82) is 0 Å². The third kappa shape index (κ3) is 6.83. The van der Waals surface area contributed by atoms with Gasteiger partial charge in [-0.2, -0.15) is 26.3 Å². The quantitative estimate of drug-likeness (QED) is 0.156. The minimum atomic E-state index is -5.01. The second-order valence-corrected chi connectivity index (χ2v) is 11.3. The number of aliphatic hydroxyl groups excluding tert-OH is 1. The average molecular weight is 647 g/mol. The number of carboxylic acids is 1. The van der Waals surface area contributed by atoms with Crippen molar-refractivity contribution in [3.8, 4) is 11.1 Å². The van der Waals surface area contributed by atoms with Crippen LogP contribution in [0.25, 0.3) is 17.2 Å². The first-order valence-corrected chi connectivity index (χ1v) is 13.6. The first-order valence-electron chi connectivity index (χ1n) is 11.5. The minimum absolute atomic E-state index is 0.00508. The van der Waals surface area contributed by atoms with Gasteiger partial charge in [0.1, 0.15) is 10.4 Å². The number of aliphatic hydroxyl groups is 1. The Bertz CT molecular complexity index is 1570. The SMILES string of the molecule is O=C(O)c1ccc(NC(=O)[C@H](CO)N2C(=O)C(=Cc3cc(-c4cc(C(F)(F)F)cc(C(F)(F)F)c4)cs3)SC2=S)cc1. The van der Waals surface area contributed by atoms with Gasteiger partial charge in [-0.1, -0.05) is 24.0 Å². The van der Waals surface area contributed by atoms with Crippen LogP contribution in [0.4, 0.5) is 32.0 Å². The molecule has 42 heavy (non-hydrogen) atoms. The number of hydrogen-bond acceptors (Lipinski definition) is 7. The number of carbonyl (C=O) groups excluding carboxylic acids is 2. The number of hydrogen-bond donors (Lipinski definition) is 3. The Balaban J connectivity index is 1.56. The highest BCUT2D eigenvalue weighted by molar-refractivity contribution is 8.26. The lowest BCUT2D eigenvalue weighted by molar-refractivity contribution is -0.143. The molecule has 1 atom stereocenters. The number of rotatable bonds is 7. The maximum absolute atomic E-state index is 13.3. The highest BCUT2D eigenvalue weighted by Crippen LogP contribution is 2.40. The molecule has 220 valence electrons. The molecular formula is C26H16F6N2O5S3. The lowest BCUT2D eigenvalue weighted by Crippen LogP contribution is -2.48.